The highest BCUT2D eigenvalue weighted by Gasteiger charge is 2.25. The fraction of sp³-hybridized carbons (Fsp3) is 0.467. The molecule has 1 atom stereocenters. The third-order valence-corrected chi connectivity index (χ3v) is 2.98. The second-order valence-electron chi connectivity index (χ2n) is 4.61. The van der Waals surface area contributed by atoms with Crippen molar-refractivity contribution >= 4 is 12.1 Å². The summed E-state index contributed by atoms with van der Waals surface area (Å²) < 4.78 is 9.95. The summed E-state index contributed by atoms with van der Waals surface area (Å²) in [7, 11) is 4.70. The third-order valence-electron chi connectivity index (χ3n) is 2.98. The average Bonchev–Trinajstić information content (AvgIpc) is 2.51. The van der Waals surface area contributed by atoms with Crippen LogP contribution in [0.25, 0.3) is 0 Å². The highest BCUT2D eigenvalue weighted by Crippen LogP contribution is 2.09. The smallest absolute Gasteiger partial charge is 0.410 e. The number of methoxy groups -OCH3 is 1. The number of ether oxygens (including phenoxy) is 2. The molecule has 0 bridgehead atoms. The van der Waals surface area contributed by atoms with E-state index in [0.29, 0.717) is 19.5 Å². The van der Waals surface area contributed by atoms with E-state index in [2.05, 4.69) is 5.32 Å². The lowest BCUT2D eigenvalue weighted by Crippen LogP contribution is -2.38. The number of nitrogens with one attached hydrogen (secondary N) is 1. The van der Waals surface area contributed by atoms with Gasteiger partial charge in [0.15, 0.2) is 0 Å². The molecule has 116 valence electrons. The molecular weight excluding hydrogens is 272 g/mol. The summed E-state index contributed by atoms with van der Waals surface area (Å²) in [5, 5.41) is 2.94. The molecule has 1 N–H and O–H groups in total. The minimum Gasteiger partial charge on any atom is -0.466 e. The van der Waals surface area contributed by atoms with Crippen LogP contribution in [-0.2, 0) is 20.7 Å². The van der Waals surface area contributed by atoms with Gasteiger partial charge in [-0.05, 0) is 12.6 Å². The van der Waals surface area contributed by atoms with Crippen LogP contribution in [0.15, 0.2) is 30.3 Å². The summed E-state index contributed by atoms with van der Waals surface area (Å²) in [6, 6.07) is 9.35. The first-order valence-corrected chi connectivity index (χ1v) is 6.76. The first-order valence-electron chi connectivity index (χ1n) is 6.76. The third kappa shape index (κ3) is 5.83. The number of nitrogens with zero attached hydrogens (tertiary/aromatic N) is 1. The monoisotopic (exact) mass is 294 g/mol. The van der Waals surface area contributed by atoms with E-state index >= 15 is 0 Å². The van der Waals surface area contributed by atoms with Crippen molar-refractivity contribution in [1.82, 2.24) is 10.2 Å². The van der Waals surface area contributed by atoms with Crippen LogP contribution in [0.3, 0.4) is 0 Å². The van der Waals surface area contributed by atoms with Gasteiger partial charge in [0.2, 0.25) is 6.10 Å². The van der Waals surface area contributed by atoms with E-state index < -0.39 is 18.2 Å². The Kier molecular flexibility index (Phi) is 7.25. The Hall–Kier alpha value is -2.08. The van der Waals surface area contributed by atoms with E-state index in [1.54, 1.807) is 14.1 Å². The van der Waals surface area contributed by atoms with Gasteiger partial charge in [-0.3, -0.25) is 0 Å². The number of carbonyl (C=O) groups excluding carboxylic acids is 2. The fourth-order valence-electron chi connectivity index (χ4n) is 1.72. The molecule has 1 rings (SSSR count). The predicted molar refractivity (Wildman–Crippen MR) is 79.0 cm³/mol. The van der Waals surface area contributed by atoms with Crippen LogP contribution in [0.1, 0.15) is 5.56 Å². The van der Waals surface area contributed by atoms with E-state index in [1.165, 1.54) is 12.0 Å². The van der Waals surface area contributed by atoms with Gasteiger partial charge in [-0.15, -0.1) is 0 Å². The van der Waals surface area contributed by atoms with Gasteiger partial charge in [-0.1, -0.05) is 30.3 Å². The molecule has 0 aromatic heterocycles. The maximum absolute atomic E-state index is 11.9. The molecule has 0 fully saturated rings. The Morgan fingerprint density at radius 3 is 2.52 bits per heavy atom. The zero-order valence-electron chi connectivity index (χ0n) is 12.7. The van der Waals surface area contributed by atoms with Crippen LogP contribution in [0.5, 0.6) is 0 Å². The summed E-state index contributed by atoms with van der Waals surface area (Å²) >= 11 is 0. The van der Waals surface area contributed by atoms with Crippen LogP contribution in [0.4, 0.5) is 4.79 Å². The maximum Gasteiger partial charge on any atom is 0.410 e. The molecule has 0 aliphatic rings. The lowest BCUT2D eigenvalue weighted by molar-refractivity contribution is -0.150. The van der Waals surface area contributed by atoms with Crippen molar-refractivity contribution in [2.24, 2.45) is 0 Å². The van der Waals surface area contributed by atoms with Crippen LogP contribution >= 0.6 is 0 Å². The van der Waals surface area contributed by atoms with Crippen molar-refractivity contribution in [2.75, 3.05) is 34.3 Å². The van der Waals surface area contributed by atoms with Crippen LogP contribution < -0.4 is 5.32 Å². The quantitative estimate of drug-likeness (QED) is 0.762. The standard InChI is InChI=1S/C15H22N2O4/c1-16-9-10-17(2)15(19)21-13(14(18)20-3)11-12-7-5-4-6-8-12/h4-8,13,16H,9-11H2,1-3H3/t13-/m0/s1. The number of amides is 1. The number of esters is 1. The van der Waals surface area contributed by atoms with Gasteiger partial charge in [-0.2, -0.15) is 0 Å². The Labute approximate surface area is 125 Å². The van der Waals surface area contributed by atoms with Crippen molar-refractivity contribution in [3.63, 3.8) is 0 Å². The second kappa shape index (κ2) is 8.97. The van der Waals surface area contributed by atoms with E-state index in [0.717, 1.165) is 5.56 Å². The SMILES string of the molecule is CNCCN(C)C(=O)O[C@@H](Cc1ccccc1)C(=O)OC. The molecule has 0 unspecified atom stereocenters. The van der Waals surface area contributed by atoms with E-state index in [-0.39, 0.29) is 0 Å². The van der Waals surface area contributed by atoms with Gasteiger partial charge in [0.1, 0.15) is 0 Å². The Morgan fingerprint density at radius 1 is 1.29 bits per heavy atom. The summed E-state index contributed by atoms with van der Waals surface area (Å²) in [5.41, 5.74) is 0.901. The molecular formula is C15H22N2O4. The number of hydrogen-bond donors (Lipinski definition) is 1. The van der Waals surface area contributed by atoms with Gasteiger partial charge in [0.05, 0.1) is 7.11 Å². The van der Waals surface area contributed by atoms with Crippen molar-refractivity contribution in [3.05, 3.63) is 35.9 Å². The molecule has 0 aliphatic heterocycles. The summed E-state index contributed by atoms with van der Waals surface area (Å²) in [5.74, 6) is -0.561. The van der Waals surface area contributed by atoms with Crippen LogP contribution in [0, 0.1) is 0 Å². The van der Waals surface area contributed by atoms with Crippen LogP contribution in [-0.4, -0.2) is 57.4 Å². The van der Waals surface area contributed by atoms with Crippen molar-refractivity contribution in [2.45, 2.75) is 12.5 Å². The molecule has 0 saturated carbocycles. The number of hydrogen-bond acceptors (Lipinski definition) is 5. The summed E-state index contributed by atoms with van der Waals surface area (Å²) in [4.78, 5) is 25.1. The normalized spacial score (nSPS) is 11.6. The van der Waals surface area contributed by atoms with Gasteiger partial charge in [0, 0.05) is 26.6 Å². The molecule has 6 heteroatoms. The zero-order chi connectivity index (χ0) is 15.7. The van der Waals surface area contributed by atoms with E-state index in [1.807, 2.05) is 30.3 Å². The Morgan fingerprint density at radius 2 is 1.95 bits per heavy atom. The molecule has 0 saturated heterocycles. The molecule has 0 spiro atoms. The maximum atomic E-state index is 11.9. The highest BCUT2D eigenvalue weighted by molar-refractivity contribution is 5.79. The number of likely N-dealkylation sites (N-methyl/N-ethyl adjacent to an activating group) is 2. The first kappa shape index (κ1) is 17.0. The lowest BCUT2D eigenvalue weighted by atomic mass is 10.1. The van der Waals surface area contributed by atoms with Crippen molar-refractivity contribution < 1.29 is 19.1 Å². The highest BCUT2D eigenvalue weighted by atomic mass is 16.6. The fourth-order valence-corrected chi connectivity index (χ4v) is 1.72. The second-order valence-corrected chi connectivity index (χ2v) is 4.61. The largest absolute Gasteiger partial charge is 0.466 e. The lowest BCUT2D eigenvalue weighted by Gasteiger charge is -2.21. The van der Waals surface area contributed by atoms with Crippen LogP contribution in [0.2, 0.25) is 0 Å². The van der Waals surface area contributed by atoms with E-state index in [4.69, 9.17) is 9.47 Å². The zero-order valence-corrected chi connectivity index (χ0v) is 12.7. The molecule has 6 nitrogen and oxygen atoms in total. The minimum atomic E-state index is -0.943. The predicted octanol–water partition coefficient (Wildman–Crippen LogP) is 1.06. The molecule has 0 heterocycles. The van der Waals surface area contributed by atoms with Gasteiger partial charge < -0.3 is 19.7 Å². The summed E-state index contributed by atoms with van der Waals surface area (Å²) in [6.07, 6.45) is -1.20. The molecule has 0 aliphatic carbocycles. The van der Waals surface area contributed by atoms with Gasteiger partial charge in [0.25, 0.3) is 0 Å². The van der Waals surface area contributed by atoms with Crippen molar-refractivity contribution in [3.8, 4) is 0 Å². The minimum absolute atomic E-state index is 0.291. The Bertz CT molecular complexity index is 450. The number of rotatable bonds is 7. The molecule has 0 radical (unpaired) electrons. The van der Waals surface area contributed by atoms with E-state index in [9.17, 15) is 9.59 Å². The topological polar surface area (TPSA) is 67.9 Å². The van der Waals surface area contributed by atoms with Gasteiger partial charge in [-0.25, -0.2) is 9.59 Å². The van der Waals surface area contributed by atoms with Gasteiger partial charge >= 0.3 is 12.1 Å². The first-order chi connectivity index (χ1) is 10.1. The molecule has 21 heavy (non-hydrogen) atoms. The van der Waals surface area contributed by atoms with Crippen molar-refractivity contribution in [1.29, 1.82) is 0 Å². The molecule has 1 aromatic rings. The summed E-state index contributed by atoms with van der Waals surface area (Å²) in [6.45, 7) is 1.14. The average molecular weight is 294 g/mol. The molecule has 1 aromatic carbocycles. The number of carbonyl (C=O) groups is 2. The Balaban J connectivity index is 2.66. The molecule has 1 amide bonds. The number of benzene rings is 1.